The van der Waals surface area contributed by atoms with Gasteiger partial charge in [-0.15, -0.1) is 0 Å². The second-order valence-electron chi connectivity index (χ2n) is 1.91. The SMILES string of the molecule is Clc1cnccc1CCBr. The maximum absolute atomic E-state index is 5.82. The summed E-state index contributed by atoms with van der Waals surface area (Å²) in [5.74, 6) is 0. The zero-order valence-electron chi connectivity index (χ0n) is 5.35. The highest BCUT2D eigenvalue weighted by molar-refractivity contribution is 9.09. The van der Waals surface area contributed by atoms with E-state index in [0.717, 1.165) is 22.3 Å². The number of aromatic nitrogens is 1. The van der Waals surface area contributed by atoms with Gasteiger partial charge in [0.05, 0.1) is 5.02 Å². The Hall–Kier alpha value is -0.0800. The molecule has 1 rings (SSSR count). The first kappa shape index (κ1) is 8.02. The van der Waals surface area contributed by atoms with Crippen LogP contribution in [0.5, 0.6) is 0 Å². The first-order chi connectivity index (χ1) is 4.84. The van der Waals surface area contributed by atoms with Crippen LogP contribution in [0, 0.1) is 0 Å². The predicted molar refractivity (Wildman–Crippen MR) is 46.7 cm³/mol. The largest absolute Gasteiger partial charge is 0.263 e. The van der Waals surface area contributed by atoms with E-state index >= 15 is 0 Å². The van der Waals surface area contributed by atoms with Gasteiger partial charge in [-0.05, 0) is 18.1 Å². The van der Waals surface area contributed by atoms with Gasteiger partial charge in [0.2, 0.25) is 0 Å². The minimum atomic E-state index is 0.752. The minimum absolute atomic E-state index is 0.752. The standard InChI is InChI=1S/C7H7BrClN/c8-3-1-6-2-4-10-5-7(6)9/h2,4-5H,1,3H2. The van der Waals surface area contributed by atoms with Crippen molar-refractivity contribution in [3.8, 4) is 0 Å². The molecule has 0 fully saturated rings. The van der Waals surface area contributed by atoms with Crippen LogP contribution in [-0.2, 0) is 6.42 Å². The average molecular weight is 220 g/mol. The molecule has 0 aromatic carbocycles. The molecular weight excluding hydrogens is 213 g/mol. The highest BCUT2D eigenvalue weighted by Gasteiger charge is 1.96. The normalized spacial score (nSPS) is 9.80. The summed E-state index contributed by atoms with van der Waals surface area (Å²) < 4.78 is 0. The van der Waals surface area contributed by atoms with Crippen LogP contribution in [0.4, 0.5) is 0 Å². The van der Waals surface area contributed by atoms with Gasteiger partial charge in [0.1, 0.15) is 0 Å². The Morgan fingerprint density at radius 3 is 3.00 bits per heavy atom. The summed E-state index contributed by atoms with van der Waals surface area (Å²) in [6.45, 7) is 0. The molecule has 0 radical (unpaired) electrons. The number of aryl methyl sites for hydroxylation is 1. The zero-order valence-corrected chi connectivity index (χ0v) is 7.69. The van der Waals surface area contributed by atoms with E-state index in [0.29, 0.717) is 0 Å². The number of hydrogen-bond donors (Lipinski definition) is 0. The molecule has 0 aliphatic rings. The van der Waals surface area contributed by atoms with Crippen molar-refractivity contribution in [1.29, 1.82) is 0 Å². The van der Waals surface area contributed by atoms with Crippen LogP contribution in [0.15, 0.2) is 18.5 Å². The Bertz CT molecular complexity index is 215. The highest BCUT2D eigenvalue weighted by atomic mass is 79.9. The lowest BCUT2D eigenvalue weighted by Crippen LogP contribution is -1.86. The van der Waals surface area contributed by atoms with E-state index in [9.17, 15) is 0 Å². The van der Waals surface area contributed by atoms with E-state index in [4.69, 9.17) is 11.6 Å². The van der Waals surface area contributed by atoms with E-state index in [-0.39, 0.29) is 0 Å². The van der Waals surface area contributed by atoms with Crippen molar-refractivity contribution in [2.24, 2.45) is 0 Å². The fourth-order valence-electron chi connectivity index (χ4n) is 0.709. The molecule has 0 aliphatic heterocycles. The van der Waals surface area contributed by atoms with Crippen LogP contribution in [0.2, 0.25) is 5.02 Å². The molecule has 54 valence electrons. The van der Waals surface area contributed by atoms with Gasteiger partial charge in [0.15, 0.2) is 0 Å². The first-order valence-corrected chi connectivity index (χ1v) is 4.49. The maximum Gasteiger partial charge on any atom is 0.0621 e. The second-order valence-corrected chi connectivity index (χ2v) is 3.11. The zero-order chi connectivity index (χ0) is 7.40. The summed E-state index contributed by atoms with van der Waals surface area (Å²) in [5.41, 5.74) is 1.15. The molecular formula is C7H7BrClN. The first-order valence-electron chi connectivity index (χ1n) is 2.99. The van der Waals surface area contributed by atoms with Gasteiger partial charge in [0, 0.05) is 17.7 Å². The van der Waals surface area contributed by atoms with Crippen LogP contribution < -0.4 is 0 Å². The molecule has 0 amide bonds. The topological polar surface area (TPSA) is 12.9 Å². The van der Waals surface area contributed by atoms with Gasteiger partial charge >= 0.3 is 0 Å². The van der Waals surface area contributed by atoms with E-state index in [2.05, 4.69) is 20.9 Å². The van der Waals surface area contributed by atoms with Crippen molar-refractivity contribution in [3.63, 3.8) is 0 Å². The van der Waals surface area contributed by atoms with Crippen molar-refractivity contribution in [3.05, 3.63) is 29.0 Å². The highest BCUT2D eigenvalue weighted by Crippen LogP contribution is 2.14. The summed E-state index contributed by atoms with van der Waals surface area (Å²) in [6, 6.07) is 1.93. The van der Waals surface area contributed by atoms with Crippen molar-refractivity contribution in [2.75, 3.05) is 5.33 Å². The Labute approximate surface area is 73.6 Å². The lowest BCUT2D eigenvalue weighted by molar-refractivity contribution is 1.14. The van der Waals surface area contributed by atoms with Crippen LogP contribution in [0.3, 0.4) is 0 Å². The van der Waals surface area contributed by atoms with Crippen LogP contribution in [-0.4, -0.2) is 10.3 Å². The summed E-state index contributed by atoms with van der Waals surface area (Å²) in [5, 5.41) is 1.69. The molecule has 0 N–H and O–H groups in total. The van der Waals surface area contributed by atoms with Crippen LogP contribution >= 0.6 is 27.5 Å². The van der Waals surface area contributed by atoms with E-state index in [1.807, 2.05) is 6.07 Å². The predicted octanol–water partition coefficient (Wildman–Crippen LogP) is 2.67. The molecule has 0 saturated heterocycles. The molecule has 1 aromatic rings. The average Bonchev–Trinajstić information content (AvgIpc) is 1.94. The molecule has 0 unspecified atom stereocenters. The second kappa shape index (κ2) is 3.94. The molecule has 0 bridgehead atoms. The fourth-order valence-corrected chi connectivity index (χ4v) is 1.35. The monoisotopic (exact) mass is 219 g/mol. The van der Waals surface area contributed by atoms with Crippen molar-refractivity contribution < 1.29 is 0 Å². The lowest BCUT2D eigenvalue weighted by Gasteiger charge is -1.97. The molecule has 1 nitrogen and oxygen atoms in total. The molecule has 0 aliphatic carbocycles. The van der Waals surface area contributed by atoms with E-state index in [1.54, 1.807) is 12.4 Å². The number of nitrogens with zero attached hydrogens (tertiary/aromatic N) is 1. The molecule has 0 atom stereocenters. The van der Waals surface area contributed by atoms with Crippen molar-refractivity contribution in [2.45, 2.75) is 6.42 Å². The minimum Gasteiger partial charge on any atom is -0.263 e. The molecule has 3 heteroatoms. The summed E-state index contributed by atoms with van der Waals surface area (Å²) in [4.78, 5) is 3.88. The van der Waals surface area contributed by atoms with Crippen LogP contribution in [0.1, 0.15) is 5.56 Å². The Kier molecular flexibility index (Phi) is 3.16. The third-order valence-corrected chi connectivity index (χ3v) is 1.96. The Morgan fingerprint density at radius 2 is 2.40 bits per heavy atom. The molecule has 10 heavy (non-hydrogen) atoms. The molecule has 1 aromatic heterocycles. The third kappa shape index (κ3) is 1.96. The Morgan fingerprint density at radius 1 is 1.60 bits per heavy atom. The smallest absolute Gasteiger partial charge is 0.0621 e. The van der Waals surface area contributed by atoms with Gasteiger partial charge in [-0.2, -0.15) is 0 Å². The summed E-state index contributed by atoms with van der Waals surface area (Å²) in [7, 11) is 0. The van der Waals surface area contributed by atoms with Gasteiger partial charge in [0.25, 0.3) is 0 Å². The third-order valence-electron chi connectivity index (χ3n) is 1.22. The molecule has 0 saturated carbocycles. The quantitative estimate of drug-likeness (QED) is 0.699. The number of pyridine rings is 1. The van der Waals surface area contributed by atoms with Crippen LogP contribution in [0.25, 0.3) is 0 Å². The fraction of sp³-hybridized carbons (Fsp3) is 0.286. The molecule has 0 spiro atoms. The number of alkyl halides is 1. The van der Waals surface area contributed by atoms with Gasteiger partial charge in [-0.3, -0.25) is 4.98 Å². The van der Waals surface area contributed by atoms with Gasteiger partial charge in [-0.1, -0.05) is 27.5 Å². The number of rotatable bonds is 2. The lowest BCUT2D eigenvalue weighted by atomic mass is 10.2. The number of halogens is 2. The van der Waals surface area contributed by atoms with Crippen molar-refractivity contribution in [1.82, 2.24) is 4.98 Å². The maximum atomic E-state index is 5.82. The van der Waals surface area contributed by atoms with E-state index in [1.165, 1.54) is 0 Å². The Balaban J connectivity index is 2.81. The van der Waals surface area contributed by atoms with E-state index < -0.39 is 0 Å². The number of hydrogen-bond acceptors (Lipinski definition) is 1. The van der Waals surface area contributed by atoms with Gasteiger partial charge < -0.3 is 0 Å². The van der Waals surface area contributed by atoms with Gasteiger partial charge in [-0.25, -0.2) is 0 Å². The molecule has 1 heterocycles. The van der Waals surface area contributed by atoms with Crippen molar-refractivity contribution >= 4 is 27.5 Å². The summed E-state index contributed by atoms with van der Waals surface area (Å²) >= 11 is 9.16. The summed E-state index contributed by atoms with van der Waals surface area (Å²) in [6.07, 6.45) is 4.38.